The van der Waals surface area contributed by atoms with Crippen LogP contribution in [0, 0.1) is 6.92 Å². The Morgan fingerprint density at radius 2 is 2.00 bits per heavy atom. The highest BCUT2D eigenvalue weighted by molar-refractivity contribution is 6.31. The summed E-state index contributed by atoms with van der Waals surface area (Å²) in [5, 5.41) is 6.18. The van der Waals surface area contributed by atoms with E-state index in [-0.39, 0.29) is 24.4 Å². The Labute approximate surface area is 163 Å². The van der Waals surface area contributed by atoms with Crippen LogP contribution in [0.3, 0.4) is 0 Å². The molecule has 2 aromatic rings. The van der Waals surface area contributed by atoms with Crippen molar-refractivity contribution < 1.29 is 14.3 Å². The number of carbonyl (C=O) groups excluding carboxylic acids is 2. The third kappa shape index (κ3) is 4.71. The number of amides is 3. The number of aryl methyl sites for hydroxylation is 1. The van der Waals surface area contributed by atoms with Crippen LogP contribution >= 0.6 is 11.6 Å². The van der Waals surface area contributed by atoms with Crippen molar-refractivity contribution in [1.82, 2.24) is 5.32 Å². The van der Waals surface area contributed by atoms with Gasteiger partial charge in [0.05, 0.1) is 12.6 Å². The minimum atomic E-state index is -0.360. The molecule has 1 aliphatic rings. The van der Waals surface area contributed by atoms with Crippen molar-refractivity contribution in [2.45, 2.75) is 26.3 Å². The number of nitrogens with zero attached hydrogens (tertiary/aromatic N) is 1. The quantitative estimate of drug-likeness (QED) is 0.815. The Balaban J connectivity index is 1.58. The van der Waals surface area contributed by atoms with Gasteiger partial charge in [0.1, 0.15) is 5.75 Å². The number of ether oxygens (including phenoxy) is 1. The van der Waals surface area contributed by atoms with Gasteiger partial charge in [0, 0.05) is 29.4 Å². The molecule has 0 aliphatic carbocycles. The second kappa shape index (κ2) is 8.31. The van der Waals surface area contributed by atoms with E-state index in [2.05, 4.69) is 10.6 Å². The normalized spacial score (nSPS) is 16.3. The Kier molecular flexibility index (Phi) is 5.86. The van der Waals surface area contributed by atoms with Gasteiger partial charge in [0.2, 0.25) is 5.91 Å². The maximum Gasteiger partial charge on any atom is 0.319 e. The van der Waals surface area contributed by atoms with Crippen LogP contribution in [0.2, 0.25) is 5.02 Å². The average molecular weight is 388 g/mol. The molecule has 0 bridgehead atoms. The summed E-state index contributed by atoms with van der Waals surface area (Å²) in [5.74, 6) is 0.738. The predicted octanol–water partition coefficient (Wildman–Crippen LogP) is 3.97. The van der Waals surface area contributed by atoms with E-state index >= 15 is 0 Å². The third-order valence-corrected chi connectivity index (χ3v) is 4.76. The van der Waals surface area contributed by atoms with Gasteiger partial charge < -0.3 is 20.3 Å². The average Bonchev–Trinajstić information content (AvgIpc) is 2.99. The topological polar surface area (TPSA) is 70.7 Å². The van der Waals surface area contributed by atoms with Crippen molar-refractivity contribution in [3.05, 3.63) is 53.1 Å². The van der Waals surface area contributed by atoms with E-state index in [1.807, 2.05) is 44.2 Å². The summed E-state index contributed by atoms with van der Waals surface area (Å²) in [6.45, 7) is 4.83. The molecule has 0 spiro atoms. The molecule has 1 saturated heterocycles. The van der Waals surface area contributed by atoms with Crippen LogP contribution in [-0.2, 0) is 4.79 Å². The zero-order valence-electron chi connectivity index (χ0n) is 15.3. The number of rotatable bonds is 5. The highest BCUT2D eigenvalue weighted by Crippen LogP contribution is 2.24. The molecule has 27 heavy (non-hydrogen) atoms. The van der Waals surface area contributed by atoms with Gasteiger partial charge in [-0.3, -0.25) is 4.79 Å². The Hall–Kier alpha value is -2.73. The maximum absolute atomic E-state index is 12.3. The smallest absolute Gasteiger partial charge is 0.319 e. The first-order valence-corrected chi connectivity index (χ1v) is 9.21. The number of nitrogens with one attached hydrogen (secondary N) is 2. The molecule has 3 rings (SSSR count). The van der Waals surface area contributed by atoms with E-state index in [0.717, 1.165) is 17.0 Å². The summed E-state index contributed by atoms with van der Waals surface area (Å²) in [7, 11) is 0. The second-order valence-corrected chi connectivity index (χ2v) is 6.80. The molecule has 1 aliphatic heterocycles. The number of hydrogen-bond donors (Lipinski definition) is 2. The van der Waals surface area contributed by atoms with Crippen LogP contribution in [0.15, 0.2) is 42.5 Å². The molecule has 0 saturated carbocycles. The van der Waals surface area contributed by atoms with E-state index in [4.69, 9.17) is 16.3 Å². The van der Waals surface area contributed by atoms with Crippen molar-refractivity contribution >= 4 is 34.9 Å². The lowest BCUT2D eigenvalue weighted by Crippen LogP contribution is -2.39. The summed E-state index contributed by atoms with van der Waals surface area (Å²) in [4.78, 5) is 26.2. The summed E-state index contributed by atoms with van der Waals surface area (Å²) < 4.78 is 5.42. The van der Waals surface area contributed by atoms with Crippen molar-refractivity contribution in [3.8, 4) is 5.75 Å². The minimum absolute atomic E-state index is 0.0251. The summed E-state index contributed by atoms with van der Waals surface area (Å²) in [6.07, 6.45) is 0.259. The van der Waals surface area contributed by atoms with E-state index in [0.29, 0.717) is 23.9 Å². The largest absolute Gasteiger partial charge is 0.494 e. The molecule has 1 heterocycles. The molecule has 0 unspecified atom stereocenters. The summed E-state index contributed by atoms with van der Waals surface area (Å²) in [5.41, 5.74) is 2.34. The molecular weight excluding hydrogens is 366 g/mol. The lowest BCUT2D eigenvalue weighted by atomic mass is 10.2. The fourth-order valence-electron chi connectivity index (χ4n) is 2.97. The first-order chi connectivity index (χ1) is 13.0. The van der Waals surface area contributed by atoms with Gasteiger partial charge in [0.15, 0.2) is 0 Å². The van der Waals surface area contributed by atoms with Gasteiger partial charge in [-0.1, -0.05) is 17.7 Å². The van der Waals surface area contributed by atoms with Crippen LogP contribution in [0.5, 0.6) is 5.75 Å². The van der Waals surface area contributed by atoms with Crippen LogP contribution < -0.4 is 20.3 Å². The molecule has 0 aromatic heterocycles. The SMILES string of the molecule is CCOc1ccc(N2C[C@@H](NC(=O)Nc3ccc(C)c(Cl)c3)CC2=O)cc1. The zero-order chi connectivity index (χ0) is 19.4. The molecule has 142 valence electrons. The van der Waals surface area contributed by atoms with Gasteiger partial charge in [0.25, 0.3) is 0 Å². The first kappa shape index (κ1) is 19.0. The van der Waals surface area contributed by atoms with Crippen LogP contribution in [0.1, 0.15) is 18.9 Å². The predicted molar refractivity (Wildman–Crippen MR) is 107 cm³/mol. The monoisotopic (exact) mass is 387 g/mol. The molecule has 3 amide bonds. The van der Waals surface area contributed by atoms with Gasteiger partial charge in [-0.2, -0.15) is 0 Å². The number of carbonyl (C=O) groups is 2. The highest BCUT2D eigenvalue weighted by atomic mass is 35.5. The first-order valence-electron chi connectivity index (χ1n) is 8.83. The highest BCUT2D eigenvalue weighted by Gasteiger charge is 2.31. The van der Waals surface area contributed by atoms with Crippen molar-refractivity contribution in [2.75, 3.05) is 23.4 Å². The van der Waals surface area contributed by atoms with E-state index in [1.54, 1.807) is 17.0 Å². The van der Waals surface area contributed by atoms with Crippen LogP contribution in [0.4, 0.5) is 16.2 Å². The number of benzene rings is 2. The standard InChI is InChI=1S/C20H22ClN3O3/c1-3-27-17-8-6-16(7-9-17)24-12-15(11-19(24)25)23-20(26)22-14-5-4-13(2)18(21)10-14/h4-10,15H,3,11-12H2,1-2H3,(H2,22,23,26)/t15-/m0/s1. The Morgan fingerprint density at radius 1 is 1.26 bits per heavy atom. The van der Waals surface area contributed by atoms with Crippen LogP contribution in [0.25, 0.3) is 0 Å². The van der Waals surface area contributed by atoms with E-state index in [1.165, 1.54) is 0 Å². The lowest BCUT2D eigenvalue weighted by molar-refractivity contribution is -0.117. The Morgan fingerprint density at radius 3 is 2.67 bits per heavy atom. The molecule has 1 fully saturated rings. The van der Waals surface area contributed by atoms with Crippen molar-refractivity contribution in [3.63, 3.8) is 0 Å². The third-order valence-electron chi connectivity index (χ3n) is 4.35. The van der Waals surface area contributed by atoms with E-state index in [9.17, 15) is 9.59 Å². The molecule has 6 nitrogen and oxygen atoms in total. The minimum Gasteiger partial charge on any atom is -0.494 e. The molecule has 2 aromatic carbocycles. The fourth-order valence-corrected chi connectivity index (χ4v) is 3.15. The Bertz CT molecular complexity index is 839. The van der Waals surface area contributed by atoms with E-state index < -0.39 is 0 Å². The molecule has 7 heteroatoms. The van der Waals surface area contributed by atoms with Gasteiger partial charge in [-0.15, -0.1) is 0 Å². The number of halogens is 1. The van der Waals surface area contributed by atoms with Crippen LogP contribution in [-0.4, -0.2) is 31.1 Å². The summed E-state index contributed by atoms with van der Waals surface area (Å²) >= 11 is 6.07. The lowest BCUT2D eigenvalue weighted by Gasteiger charge is -2.18. The molecule has 2 N–H and O–H groups in total. The fraction of sp³-hybridized carbons (Fsp3) is 0.300. The number of anilines is 2. The van der Waals surface area contributed by atoms with Gasteiger partial charge in [-0.05, 0) is 55.8 Å². The number of urea groups is 1. The maximum atomic E-state index is 12.3. The van der Waals surface area contributed by atoms with Crippen molar-refractivity contribution in [1.29, 1.82) is 0 Å². The van der Waals surface area contributed by atoms with Gasteiger partial charge >= 0.3 is 6.03 Å². The zero-order valence-corrected chi connectivity index (χ0v) is 16.0. The molecule has 0 radical (unpaired) electrons. The molecular formula is C20H22ClN3O3. The van der Waals surface area contributed by atoms with Gasteiger partial charge in [-0.25, -0.2) is 4.79 Å². The second-order valence-electron chi connectivity index (χ2n) is 6.39. The van der Waals surface area contributed by atoms with Crippen molar-refractivity contribution in [2.24, 2.45) is 0 Å². The molecule has 1 atom stereocenters. The summed E-state index contributed by atoms with van der Waals surface area (Å²) in [6, 6.07) is 12.1. The number of hydrogen-bond acceptors (Lipinski definition) is 3.